The topological polar surface area (TPSA) is 23.6 Å². The molecule has 2 aliphatic rings. The number of rotatable bonds is 4. The summed E-state index contributed by atoms with van der Waals surface area (Å²) in [6, 6.07) is 18.6. The van der Waals surface area contributed by atoms with E-state index in [-0.39, 0.29) is 11.3 Å². The van der Waals surface area contributed by atoms with Gasteiger partial charge in [-0.15, -0.1) is 0 Å². The molecule has 31 heavy (non-hydrogen) atoms. The Morgan fingerprint density at radius 2 is 1.77 bits per heavy atom. The second-order valence-corrected chi connectivity index (χ2v) is 9.78. The molecule has 1 saturated heterocycles. The van der Waals surface area contributed by atoms with Crippen LogP contribution in [0.25, 0.3) is 5.57 Å². The fourth-order valence-corrected chi connectivity index (χ4v) is 5.74. The van der Waals surface area contributed by atoms with Gasteiger partial charge in [-0.25, -0.2) is 0 Å². The summed E-state index contributed by atoms with van der Waals surface area (Å²) in [4.78, 5) is 17.6. The molecule has 2 aromatic carbocycles. The number of carbonyl (C=O) groups is 1. The quantitative estimate of drug-likeness (QED) is 0.415. The van der Waals surface area contributed by atoms with Gasteiger partial charge in [0.2, 0.25) is 0 Å². The fourth-order valence-electron chi connectivity index (χ4n) is 4.29. The van der Waals surface area contributed by atoms with Gasteiger partial charge in [0.15, 0.2) is 0 Å². The van der Waals surface area contributed by atoms with Crippen LogP contribution in [-0.4, -0.2) is 28.7 Å². The van der Waals surface area contributed by atoms with Crippen LogP contribution < -0.4 is 4.90 Å². The van der Waals surface area contributed by atoms with Crippen LogP contribution in [0.5, 0.6) is 0 Å². The van der Waals surface area contributed by atoms with Crippen molar-refractivity contribution < 1.29 is 4.79 Å². The lowest BCUT2D eigenvalue weighted by Crippen LogP contribution is -2.27. The Kier molecular flexibility index (Phi) is 5.91. The van der Waals surface area contributed by atoms with E-state index in [0.717, 1.165) is 11.1 Å². The van der Waals surface area contributed by atoms with E-state index in [2.05, 4.69) is 62.2 Å². The first-order chi connectivity index (χ1) is 14.9. The number of thiocarbonyl (C=S) groups is 1. The number of allylic oxidation sites excluding steroid dienone is 5. The average Bonchev–Trinajstić information content (AvgIpc) is 3.16. The minimum absolute atomic E-state index is 0.0145. The van der Waals surface area contributed by atoms with Crippen molar-refractivity contribution in [2.24, 2.45) is 0 Å². The zero-order valence-corrected chi connectivity index (χ0v) is 19.9. The lowest BCUT2D eigenvalue weighted by atomic mass is 9.84. The van der Waals surface area contributed by atoms with Gasteiger partial charge >= 0.3 is 0 Å². The molecule has 4 rings (SSSR count). The van der Waals surface area contributed by atoms with E-state index in [4.69, 9.17) is 12.2 Å². The van der Waals surface area contributed by atoms with Gasteiger partial charge in [-0.2, -0.15) is 0 Å². The normalized spacial score (nSPS) is 20.8. The van der Waals surface area contributed by atoms with Crippen LogP contribution in [0.3, 0.4) is 0 Å². The number of benzene rings is 2. The summed E-state index contributed by atoms with van der Waals surface area (Å²) in [6.45, 7) is 7.03. The Morgan fingerprint density at radius 1 is 1.10 bits per heavy atom. The van der Waals surface area contributed by atoms with Crippen LogP contribution in [-0.2, 0) is 10.2 Å². The molecule has 0 aliphatic carbocycles. The van der Waals surface area contributed by atoms with Crippen LogP contribution in [0.2, 0.25) is 0 Å². The zero-order chi connectivity index (χ0) is 22.2. The summed E-state index contributed by atoms with van der Waals surface area (Å²) >= 11 is 6.83. The van der Waals surface area contributed by atoms with Gasteiger partial charge < -0.3 is 4.90 Å². The summed E-state index contributed by atoms with van der Waals surface area (Å²) in [5.74, 6) is -0.0145. The number of fused-ring (bicyclic) bond motifs is 1. The smallest absolute Gasteiger partial charge is 0.266 e. The number of para-hydroxylation sites is 1. The summed E-state index contributed by atoms with van der Waals surface area (Å²) < 4.78 is 0.620. The highest BCUT2D eigenvalue weighted by molar-refractivity contribution is 8.26. The monoisotopic (exact) mass is 446 g/mol. The Morgan fingerprint density at radius 3 is 2.42 bits per heavy atom. The van der Waals surface area contributed by atoms with Gasteiger partial charge in [-0.05, 0) is 30.2 Å². The minimum atomic E-state index is -0.0890. The van der Waals surface area contributed by atoms with E-state index >= 15 is 0 Å². The maximum atomic E-state index is 13.0. The van der Waals surface area contributed by atoms with Gasteiger partial charge in [0.05, 0.1) is 4.91 Å². The highest BCUT2D eigenvalue weighted by Crippen LogP contribution is 2.46. The number of anilines is 1. The van der Waals surface area contributed by atoms with Crippen molar-refractivity contribution in [2.75, 3.05) is 18.5 Å². The van der Waals surface area contributed by atoms with E-state index in [1.54, 1.807) is 4.90 Å². The molecule has 0 saturated carbocycles. The Hall–Kier alpha value is -2.63. The predicted octanol–water partition coefficient (Wildman–Crippen LogP) is 6.15. The van der Waals surface area contributed by atoms with E-state index in [1.165, 1.54) is 28.7 Å². The van der Waals surface area contributed by atoms with Crippen LogP contribution in [0, 0.1) is 0 Å². The molecule has 158 valence electrons. The maximum Gasteiger partial charge on any atom is 0.266 e. The fraction of sp³-hybridized carbons (Fsp3) is 0.231. The van der Waals surface area contributed by atoms with Crippen molar-refractivity contribution in [3.05, 3.63) is 94.6 Å². The molecular weight excluding hydrogens is 420 g/mol. The van der Waals surface area contributed by atoms with E-state index in [9.17, 15) is 4.79 Å². The van der Waals surface area contributed by atoms with Gasteiger partial charge in [0.1, 0.15) is 4.32 Å². The Bertz CT molecular complexity index is 1130. The summed E-state index contributed by atoms with van der Waals surface area (Å²) in [5, 5.41) is 0. The molecule has 0 aromatic heterocycles. The van der Waals surface area contributed by atoms with Crippen LogP contribution in [0.4, 0.5) is 5.69 Å². The third-order valence-corrected chi connectivity index (χ3v) is 7.42. The molecule has 0 unspecified atom stereocenters. The van der Waals surface area contributed by atoms with Crippen molar-refractivity contribution in [3.63, 3.8) is 0 Å². The molecule has 0 spiro atoms. The molecule has 1 amide bonds. The summed E-state index contributed by atoms with van der Waals surface area (Å²) in [7, 11) is 2.11. The highest BCUT2D eigenvalue weighted by Gasteiger charge is 2.37. The molecule has 0 bridgehead atoms. The van der Waals surface area contributed by atoms with E-state index in [1.807, 2.05) is 43.3 Å². The second kappa shape index (κ2) is 8.48. The molecule has 2 aliphatic heterocycles. The molecular formula is C26H26N2OS2. The molecule has 1 fully saturated rings. The number of hydrogen-bond donors (Lipinski definition) is 0. The number of carbonyl (C=O) groups excluding carboxylic acids is 1. The lowest BCUT2D eigenvalue weighted by molar-refractivity contribution is -0.122. The third kappa shape index (κ3) is 3.77. The van der Waals surface area contributed by atoms with Crippen LogP contribution in [0.15, 0.2) is 83.4 Å². The van der Waals surface area contributed by atoms with Gasteiger partial charge in [-0.3, -0.25) is 9.69 Å². The van der Waals surface area contributed by atoms with Crippen molar-refractivity contribution in [2.45, 2.75) is 26.2 Å². The Balaban J connectivity index is 1.75. The molecule has 2 aromatic rings. The van der Waals surface area contributed by atoms with Crippen molar-refractivity contribution in [1.82, 2.24) is 4.90 Å². The number of likely N-dealkylation sites (N-methyl/N-ethyl adjacent to an activating group) is 2. The summed E-state index contributed by atoms with van der Waals surface area (Å²) in [6.07, 6.45) is 6.25. The van der Waals surface area contributed by atoms with Crippen molar-refractivity contribution in [3.8, 4) is 0 Å². The average molecular weight is 447 g/mol. The first-order valence-corrected chi connectivity index (χ1v) is 11.6. The highest BCUT2D eigenvalue weighted by atomic mass is 32.2. The van der Waals surface area contributed by atoms with Gasteiger partial charge in [-0.1, -0.05) is 98.5 Å². The molecule has 2 heterocycles. The van der Waals surface area contributed by atoms with Crippen molar-refractivity contribution >= 4 is 45.5 Å². The largest absolute Gasteiger partial charge is 0.347 e. The first kappa shape index (κ1) is 21.6. The van der Waals surface area contributed by atoms with Crippen LogP contribution in [0.1, 0.15) is 31.9 Å². The number of nitrogens with zero attached hydrogens (tertiary/aromatic N) is 2. The number of hydrogen-bond acceptors (Lipinski definition) is 4. The predicted molar refractivity (Wildman–Crippen MR) is 136 cm³/mol. The number of thioether (sulfide) groups is 1. The SMILES string of the molecule is CCN1C(=O)/C(=C(/C=C/C=C2/N(C)c3ccccc3C2(C)C)c2ccccc2)SC1=S. The number of amides is 1. The van der Waals surface area contributed by atoms with E-state index < -0.39 is 0 Å². The lowest BCUT2D eigenvalue weighted by Gasteiger charge is -2.23. The molecule has 0 atom stereocenters. The Labute approximate surface area is 194 Å². The minimum Gasteiger partial charge on any atom is -0.347 e. The van der Waals surface area contributed by atoms with Gasteiger partial charge in [0, 0.05) is 36.0 Å². The van der Waals surface area contributed by atoms with E-state index in [0.29, 0.717) is 15.8 Å². The summed E-state index contributed by atoms with van der Waals surface area (Å²) in [5.41, 5.74) is 5.61. The first-order valence-electron chi connectivity index (χ1n) is 10.4. The maximum absolute atomic E-state index is 13.0. The molecule has 0 radical (unpaired) electrons. The second-order valence-electron chi connectivity index (χ2n) is 8.14. The molecule has 3 nitrogen and oxygen atoms in total. The zero-order valence-electron chi connectivity index (χ0n) is 18.3. The standard InChI is InChI=1S/C26H26N2OS2/c1-5-28-24(29)23(31-25(28)30)19(18-12-7-6-8-13-18)14-11-17-22-26(2,3)20-15-9-10-16-21(20)27(22)4/h6-17H,5H2,1-4H3/b14-11+,22-17+,23-19+. The molecule has 0 N–H and O–H groups in total. The molecule has 5 heteroatoms. The van der Waals surface area contributed by atoms with Crippen LogP contribution >= 0.6 is 24.0 Å². The third-order valence-electron chi connectivity index (χ3n) is 5.95. The van der Waals surface area contributed by atoms with Crippen molar-refractivity contribution in [1.29, 1.82) is 0 Å². The van der Waals surface area contributed by atoms with Gasteiger partial charge in [0.25, 0.3) is 5.91 Å².